The second-order valence-electron chi connectivity index (χ2n) is 13.1. The largest absolute Gasteiger partial charge is 0.507 e. The van der Waals surface area contributed by atoms with Crippen LogP contribution in [0.3, 0.4) is 0 Å². The van der Waals surface area contributed by atoms with E-state index in [4.69, 9.17) is 31.9 Å². The lowest BCUT2D eigenvalue weighted by atomic mass is 9.95. The molecule has 0 amide bonds. The quantitative estimate of drug-likeness (QED) is 0.0474. The summed E-state index contributed by atoms with van der Waals surface area (Å²) in [4.78, 5) is 30.0. The highest BCUT2D eigenvalue weighted by molar-refractivity contribution is 8.00. The van der Waals surface area contributed by atoms with Gasteiger partial charge in [0.2, 0.25) is 0 Å². The number of fused-ring (bicyclic) bond motifs is 3. The fourth-order valence-corrected chi connectivity index (χ4v) is 8.31. The van der Waals surface area contributed by atoms with Gasteiger partial charge in [0, 0.05) is 90.3 Å². The molecule has 278 valence electrons. The van der Waals surface area contributed by atoms with Crippen LogP contribution in [0.15, 0.2) is 70.2 Å². The number of ether oxygens (including phenoxy) is 2. The van der Waals surface area contributed by atoms with Crippen molar-refractivity contribution < 1.29 is 24.2 Å². The van der Waals surface area contributed by atoms with E-state index in [0.717, 1.165) is 86.2 Å². The number of hydrogen-bond acceptors (Lipinski definition) is 10. The molecule has 2 aromatic heterocycles. The Hall–Kier alpha value is -4.78. The van der Waals surface area contributed by atoms with Crippen LogP contribution in [0.5, 0.6) is 5.75 Å². The summed E-state index contributed by atoms with van der Waals surface area (Å²) in [6, 6.07) is 15.4. The topological polar surface area (TPSA) is 146 Å². The van der Waals surface area contributed by atoms with Gasteiger partial charge in [0.05, 0.1) is 29.9 Å². The summed E-state index contributed by atoms with van der Waals surface area (Å²) >= 11 is 8.67. The number of phenols is 1. The van der Waals surface area contributed by atoms with Crippen molar-refractivity contribution in [1.82, 2.24) is 19.7 Å². The predicted octanol–water partition coefficient (Wildman–Crippen LogP) is 6.97. The van der Waals surface area contributed by atoms with Crippen LogP contribution < -0.4 is 11.1 Å². The molecule has 53 heavy (non-hydrogen) atoms. The van der Waals surface area contributed by atoms with E-state index >= 15 is 0 Å². The maximum absolute atomic E-state index is 13.2. The molecule has 3 aromatic carbocycles. The van der Waals surface area contributed by atoms with Gasteiger partial charge in [-0.1, -0.05) is 41.9 Å². The number of nitrogens with one attached hydrogen (secondary N) is 1. The number of aliphatic imine (C=N–C) groups is 1. The minimum Gasteiger partial charge on any atom is -0.507 e. The minimum atomic E-state index is -0.446. The lowest BCUT2D eigenvalue weighted by Gasteiger charge is -2.17. The van der Waals surface area contributed by atoms with Crippen LogP contribution in [-0.4, -0.2) is 70.2 Å². The SMILES string of the molecule is CN=C(/C=C(\N)CNCc1nn2c(c1-c1c(Cl)ccc3c(CCCOC(C)=O)c(C(=O)OC)n(C)c13)CCCC2)CSc1cc(O)c2ccccc2c1. The highest BCUT2D eigenvalue weighted by Crippen LogP contribution is 2.43. The van der Waals surface area contributed by atoms with Crippen LogP contribution in [0.1, 0.15) is 53.6 Å². The molecule has 0 radical (unpaired) electrons. The van der Waals surface area contributed by atoms with E-state index in [9.17, 15) is 14.7 Å². The average molecular weight is 757 g/mol. The highest BCUT2D eigenvalue weighted by Gasteiger charge is 2.29. The number of rotatable bonds is 14. The van der Waals surface area contributed by atoms with E-state index in [2.05, 4.69) is 21.1 Å². The summed E-state index contributed by atoms with van der Waals surface area (Å²) in [6.45, 7) is 3.28. The third kappa shape index (κ3) is 8.24. The van der Waals surface area contributed by atoms with E-state index < -0.39 is 5.97 Å². The Labute approximate surface area is 318 Å². The van der Waals surface area contributed by atoms with Gasteiger partial charge < -0.3 is 30.2 Å². The van der Waals surface area contributed by atoms with Crippen molar-refractivity contribution in [2.24, 2.45) is 17.8 Å². The molecule has 0 bridgehead atoms. The molecule has 13 heteroatoms. The number of carbonyl (C=O) groups is 2. The van der Waals surface area contributed by atoms with Gasteiger partial charge in [0.15, 0.2) is 0 Å². The normalized spacial score (nSPS) is 13.5. The summed E-state index contributed by atoms with van der Waals surface area (Å²) in [7, 11) is 4.98. The fraction of sp³-hybridized carbons (Fsp3) is 0.350. The Balaban J connectivity index is 1.25. The molecular formula is C40H45ClN6O5S. The van der Waals surface area contributed by atoms with E-state index in [1.807, 2.05) is 54.1 Å². The number of methoxy groups -OCH3 is 1. The van der Waals surface area contributed by atoms with E-state index in [-0.39, 0.29) is 18.3 Å². The summed E-state index contributed by atoms with van der Waals surface area (Å²) < 4.78 is 14.4. The number of hydrogen-bond donors (Lipinski definition) is 3. The number of nitrogens with two attached hydrogens (primary N) is 1. The number of thioether (sulfide) groups is 1. The van der Waals surface area contributed by atoms with Crippen LogP contribution in [0.2, 0.25) is 5.02 Å². The van der Waals surface area contributed by atoms with E-state index in [1.165, 1.54) is 14.0 Å². The van der Waals surface area contributed by atoms with Gasteiger partial charge >= 0.3 is 11.9 Å². The molecule has 11 nitrogen and oxygen atoms in total. The second-order valence-corrected chi connectivity index (χ2v) is 14.5. The number of carbonyl (C=O) groups excluding carboxylic acids is 2. The van der Waals surface area contributed by atoms with Crippen LogP contribution in [0, 0.1) is 0 Å². The number of allylic oxidation sites excluding steroid dienone is 1. The molecule has 1 aliphatic rings. The molecular weight excluding hydrogens is 712 g/mol. The number of aromatic hydroxyl groups is 1. The minimum absolute atomic E-state index is 0.247. The number of halogens is 1. The number of phenolic OH excluding ortho intramolecular Hbond substituents is 1. The smallest absolute Gasteiger partial charge is 0.354 e. The molecule has 0 saturated carbocycles. The van der Waals surface area contributed by atoms with Crippen molar-refractivity contribution in [3.63, 3.8) is 0 Å². The third-order valence-electron chi connectivity index (χ3n) is 9.54. The highest BCUT2D eigenvalue weighted by atomic mass is 35.5. The third-order valence-corrected chi connectivity index (χ3v) is 10.9. The van der Waals surface area contributed by atoms with Gasteiger partial charge in [-0.25, -0.2) is 4.79 Å². The molecule has 0 atom stereocenters. The number of benzene rings is 3. The summed E-state index contributed by atoms with van der Waals surface area (Å²) in [5.41, 5.74) is 13.8. The van der Waals surface area contributed by atoms with Gasteiger partial charge in [-0.15, -0.1) is 11.8 Å². The summed E-state index contributed by atoms with van der Waals surface area (Å²) in [6.07, 6.45) is 5.86. The lowest BCUT2D eigenvalue weighted by molar-refractivity contribution is -0.141. The van der Waals surface area contributed by atoms with Gasteiger partial charge in [0.1, 0.15) is 11.4 Å². The molecule has 4 N–H and O–H groups in total. The van der Waals surface area contributed by atoms with Crippen LogP contribution in [-0.2, 0) is 47.2 Å². The zero-order chi connectivity index (χ0) is 37.6. The number of esters is 2. The molecule has 1 aliphatic heterocycles. The van der Waals surface area contributed by atoms with Crippen molar-refractivity contribution in [1.29, 1.82) is 0 Å². The number of aryl methyl sites for hydroxylation is 3. The number of aromatic nitrogens is 3. The first-order valence-corrected chi connectivity index (χ1v) is 19.0. The second kappa shape index (κ2) is 16.9. The average Bonchev–Trinajstić information content (AvgIpc) is 3.65. The first-order chi connectivity index (χ1) is 25.6. The van der Waals surface area contributed by atoms with Gasteiger partial charge in [0.25, 0.3) is 0 Å². The monoisotopic (exact) mass is 756 g/mol. The van der Waals surface area contributed by atoms with Gasteiger partial charge in [-0.05, 0) is 67.3 Å². The summed E-state index contributed by atoms with van der Waals surface area (Å²) in [5, 5.41) is 22.3. The van der Waals surface area contributed by atoms with Crippen LogP contribution in [0.4, 0.5) is 0 Å². The first kappa shape index (κ1) is 38.0. The standard InChI is InChI=1S/C40H45ClN6O5S/c1-24(48)52-17-9-12-30-31-14-15-32(41)36(38(31)46(3)39(30)40(50)51-4)37-33(45-47-16-8-7-13-34(37)47)22-44-21-26(42)19-27(43-2)23-53-28-18-25-10-5-6-11-29(25)35(49)20-28/h5-6,10-11,14-15,18-20,44,49H,7-9,12-13,16-17,21-23,42H2,1-4H3/b26-19-,43-27?. The Bertz CT molecular complexity index is 2240. The lowest BCUT2D eigenvalue weighted by Crippen LogP contribution is -2.22. The van der Waals surface area contributed by atoms with Gasteiger partial charge in [-0.2, -0.15) is 5.10 Å². The van der Waals surface area contributed by atoms with Crippen molar-refractivity contribution in [3.8, 4) is 16.9 Å². The van der Waals surface area contributed by atoms with E-state index in [1.54, 1.807) is 24.9 Å². The van der Waals surface area contributed by atoms with E-state index in [0.29, 0.717) is 48.1 Å². The fourth-order valence-electron chi connectivity index (χ4n) is 7.14. The maximum atomic E-state index is 13.2. The number of nitrogens with zero attached hydrogens (tertiary/aromatic N) is 4. The summed E-state index contributed by atoms with van der Waals surface area (Å²) in [5.74, 6) is 0.0563. The van der Waals surface area contributed by atoms with Crippen molar-refractivity contribution in [2.75, 3.05) is 33.1 Å². The molecule has 0 unspecified atom stereocenters. The Morgan fingerprint density at radius 2 is 1.96 bits per heavy atom. The molecule has 0 aliphatic carbocycles. The van der Waals surface area contributed by atoms with Crippen molar-refractivity contribution in [2.45, 2.75) is 57.0 Å². The molecule has 0 fully saturated rings. The molecule has 0 saturated heterocycles. The maximum Gasteiger partial charge on any atom is 0.354 e. The Morgan fingerprint density at radius 1 is 1.15 bits per heavy atom. The van der Waals surface area contributed by atoms with Crippen LogP contribution >= 0.6 is 23.4 Å². The zero-order valence-corrected chi connectivity index (χ0v) is 32.1. The molecule has 0 spiro atoms. The van der Waals surface area contributed by atoms with Crippen molar-refractivity contribution >= 4 is 62.7 Å². The van der Waals surface area contributed by atoms with Crippen LogP contribution in [0.25, 0.3) is 32.8 Å². The Kier molecular flexibility index (Phi) is 12.1. The first-order valence-electron chi connectivity index (χ1n) is 17.7. The molecule has 3 heterocycles. The van der Waals surface area contributed by atoms with Gasteiger partial charge in [-0.3, -0.25) is 14.5 Å². The van der Waals surface area contributed by atoms with Crippen molar-refractivity contribution in [3.05, 3.63) is 88.0 Å². The predicted molar refractivity (Wildman–Crippen MR) is 212 cm³/mol. The Morgan fingerprint density at radius 3 is 2.74 bits per heavy atom. The zero-order valence-electron chi connectivity index (χ0n) is 30.5. The molecule has 6 rings (SSSR count). The molecule has 5 aromatic rings.